The van der Waals surface area contributed by atoms with Gasteiger partial charge in [0.05, 0.1) is 0 Å². The molecular formula is C8H12F4. The van der Waals surface area contributed by atoms with Crippen LogP contribution < -0.4 is 0 Å². The third kappa shape index (κ3) is 2.99. The van der Waals surface area contributed by atoms with Crippen LogP contribution in [0.4, 0.5) is 17.6 Å². The lowest BCUT2D eigenvalue weighted by molar-refractivity contribution is -0.104. The smallest absolute Gasteiger partial charge is 0.199 e. The van der Waals surface area contributed by atoms with Crippen LogP contribution in [0, 0.1) is 25.2 Å². The lowest BCUT2D eigenvalue weighted by atomic mass is 9.93. The summed E-state index contributed by atoms with van der Waals surface area (Å²) in [5.74, 6) is -5.56. The Morgan fingerprint density at radius 2 is 1.75 bits per heavy atom. The first-order chi connectivity index (χ1) is 5.28. The molecule has 72 valence electrons. The van der Waals surface area contributed by atoms with Crippen LogP contribution in [-0.4, -0.2) is 5.92 Å². The lowest BCUT2D eigenvalue weighted by Gasteiger charge is -2.22. The first kappa shape index (κ1) is 11.7. The Kier molecular flexibility index (Phi) is 4.00. The molecule has 0 rings (SSSR count). The van der Waals surface area contributed by atoms with Crippen LogP contribution >= 0.6 is 0 Å². The molecular weight excluding hydrogens is 172 g/mol. The minimum absolute atomic E-state index is 0.00958. The van der Waals surface area contributed by atoms with E-state index in [1.54, 1.807) is 6.92 Å². The van der Waals surface area contributed by atoms with Gasteiger partial charge in [-0.25, -0.2) is 0 Å². The van der Waals surface area contributed by atoms with Crippen LogP contribution in [0.15, 0.2) is 0 Å². The van der Waals surface area contributed by atoms with E-state index in [1.165, 1.54) is 0 Å². The van der Waals surface area contributed by atoms with Crippen LogP contribution in [0.25, 0.3) is 0 Å². The molecule has 2 unspecified atom stereocenters. The Morgan fingerprint density at radius 1 is 1.33 bits per heavy atom. The van der Waals surface area contributed by atoms with Gasteiger partial charge in [-0.2, -0.15) is 17.6 Å². The fourth-order valence-corrected chi connectivity index (χ4v) is 0.938. The van der Waals surface area contributed by atoms with Crippen molar-refractivity contribution in [2.24, 2.45) is 11.8 Å². The molecule has 0 N–H and O–H groups in total. The van der Waals surface area contributed by atoms with Crippen LogP contribution in [0.1, 0.15) is 20.3 Å². The summed E-state index contributed by atoms with van der Waals surface area (Å²) >= 11 is 0. The van der Waals surface area contributed by atoms with Gasteiger partial charge in [0.1, 0.15) is 0 Å². The largest absolute Gasteiger partial charge is 0.378 e. The summed E-state index contributed by atoms with van der Waals surface area (Å²) in [5, 5.41) is 0. The zero-order valence-electron chi connectivity index (χ0n) is 7.08. The minimum Gasteiger partial charge on any atom is -0.199 e. The molecule has 2 atom stereocenters. The van der Waals surface area contributed by atoms with Crippen molar-refractivity contribution in [1.82, 2.24) is 0 Å². The molecule has 4 heteroatoms. The van der Waals surface area contributed by atoms with Crippen molar-refractivity contribution in [3.8, 4) is 0 Å². The van der Waals surface area contributed by atoms with Gasteiger partial charge >= 0.3 is 12.3 Å². The first-order valence-electron chi connectivity index (χ1n) is 3.67. The normalized spacial score (nSPS) is 15.8. The number of hydrogen-bond donors (Lipinski definition) is 0. The average molecular weight is 184 g/mol. The fraction of sp³-hybridized carbons (Fsp3) is 0.750. The molecule has 0 saturated carbocycles. The number of alkyl halides is 2. The van der Waals surface area contributed by atoms with E-state index in [0.29, 0.717) is 0 Å². The first-order valence-corrected chi connectivity index (χ1v) is 3.67. The molecule has 12 heavy (non-hydrogen) atoms. The van der Waals surface area contributed by atoms with Gasteiger partial charge in [-0.1, -0.05) is 20.8 Å². The van der Waals surface area contributed by atoms with E-state index < -0.39 is 18.3 Å². The zero-order chi connectivity index (χ0) is 9.94. The Labute approximate surface area is 70.0 Å². The molecule has 0 bridgehead atoms. The van der Waals surface area contributed by atoms with Crippen LogP contribution in [0.5, 0.6) is 0 Å². The quantitative estimate of drug-likeness (QED) is 0.586. The van der Waals surface area contributed by atoms with Gasteiger partial charge in [-0.05, 0) is 12.3 Å². The predicted molar refractivity (Wildman–Crippen MR) is 38.7 cm³/mol. The maximum atomic E-state index is 12.5. The Balaban J connectivity index is 4.15. The second-order valence-corrected chi connectivity index (χ2v) is 3.13. The fourth-order valence-electron chi connectivity index (χ4n) is 0.938. The average Bonchev–Trinajstić information content (AvgIpc) is 1.85. The molecule has 0 aliphatic carbocycles. The van der Waals surface area contributed by atoms with Gasteiger partial charge in [-0.3, -0.25) is 0 Å². The van der Waals surface area contributed by atoms with Crippen molar-refractivity contribution in [3.63, 3.8) is 0 Å². The maximum Gasteiger partial charge on any atom is 0.378 e. The number of halogens is 4. The van der Waals surface area contributed by atoms with E-state index in [0.717, 1.165) is 6.92 Å². The van der Waals surface area contributed by atoms with Crippen molar-refractivity contribution >= 4 is 0 Å². The van der Waals surface area contributed by atoms with Gasteiger partial charge in [0.25, 0.3) is 0 Å². The minimum atomic E-state index is -3.97. The number of hydrogen-bond acceptors (Lipinski definition) is 0. The molecule has 0 aromatic carbocycles. The topological polar surface area (TPSA) is 0 Å². The Hall–Kier alpha value is -0.280. The third-order valence-electron chi connectivity index (χ3n) is 1.63. The van der Waals surface area contributed by atoms with E-state index >= 15 is 0 Å². The van der Waals surface area contributed by atoms with Crippen molar-refractivity contribution in [2.75, 3.05) is 0 Å². The molecule has 0 aromatic rings. The van der Waals surface area contributed by atoms with Crippen molar-refractivity contribution < 1.29 is 17.6 Å². The highest BCUT2D eigenvalue weighted by molar-refractivity contribution is 4.88. The summed E-state index contributed by atoms with van der Waals surface area (Å²) in [6.07, 6.45) is -2.82. The van der Waals surface area contributed by atoms with Gasteiger partial charge in [0.15, 0.2) is 0 Å². The third-order valence-corrected chi connectivity index (χ3v) is 1.63. The second kappa shape index (κ2) is 4.10. The lowest BCUT2D eigenvalue weighted by Crippen LogP contribution is -2.30. The predicted octanol–water partition coefficient (Wildman–Crippen LogP) is 3.55. The van der Waals surface area contributed by atoms with Crippen LogP contribution in [0.2, 0.25) is 0 Å². The van der Waals surface area contributed by atoms with E-state index in [1.807, 2.05) is 0 Å². The molecule has 0 aliphatic heterocycles. The Morgan fingerprint density at radius 3 is 2.00 bits per heavy atom. The van der Waals surface area contributed by atoms with E-state index in [2.05, 4.69) is 6.92 Å². The maximum absolute atomic E-state index is 12.5. The molecule has 0 aromatic heterocycles. The van der Waals surface area contributed by atoms with Gasteiger partial charge in [-0.15, -0.1) is 0 Å². The summed E-state index contributed by atoms with van der Waals surface area (Å²) in [5.41, 5.74) is 0. The monoisotopic (exact) mass is 184 g/mol. The van der Waals surface area contributed by atoms with Crippen LogP contribution in [-0.2, 0) is 0 Å². The van der Waals surface area contributed by atoms with E-state index in [-0.39, 0.29) is 12.3 Å². The number of rotatable bonds is 4. The molecule has 0 nitrogen and oxygen atoms in total. The van der Waals surface area contributed by atoms with E-state index in [9.17, 15) is 17.6 Å². The van der Waals surface area contributed by atoms with Crippen molar-refractivity contribution in [1.29, 1.82) is 0 Å². The summed E-state index contributed by atoms with van der Waals surface area (Å²) in [4.78, 5) is 0. The zero-order valence-corrected chi connectivity index (χ0v) is 7.08. The molecule has 0 aliphatic rings. The van der Waals surface area contributed by atoms with Gasteiger partial charge in [0, 0.05) is 5.92 Å². The van der Waals surface area contributed by atoms with Gasteiger partial charge < -0.3 is 0 Å². The summed E-state index contributed by atoms with van der Waals surface area (Å²) in [6.45, 7) is 6.18. The standard InChI is InChI=1S/C8H12F4/c1-5(2)4-6(3)8(11,12)7(9)10/h5-6H,1,4H2,2-3H3. The SMILES string of the molecule is [CH2]C(C)CC(C)C(F)(F)[C](F)F. The summed E-state index contributed by atoms with van der Waals surface area (Å²) in [7, 11) is 0. The van der Waals surface area contributed by atoms with Crippen molar-refractivity contribution in [3.05, 3.63) is 13.3 Å². The van der Waals surface area contributed by atoms with Crippen molar-refractivity contribution in [2.45, 2.75) is 26.2 Å². The summed E-state index contributed by atoms with van der Waals surface area (Å²) < 4.78 is 48.3. The van der Waals surface area contributed by atoms with Gasteiger partial charge in [0.2, 0.25) is 0 Å². The second-order valence-electron chi connectivity index (χ2n) is 3.13. The molecule has 0 spiro atoms. The highest BCUT2D eigenvalue weighted by Crippen LogP contribution is 2.38. The van der Waals surface area contributed by atoms with Crippen LogP contribution in [0.3, 0.4) is 0 Å². The molecule has 0 fully saturated rings. The highest BCUT2D eigenvalue weighted by atomic mass is 19.3. The molecule has 0 heterocycles. The summed E-state index contributed by atoms with van der Waals surface area (Å²) in [6, 6.07) is 0. The Bertz CT molecular complexity index is 131. The molecule has 0 saturated heterocycles. The van der Waals surface area contributed by atoms with E-state index in [4.69, 9.17) is 0 Å². The molecule has 2 radical (unpaired) electrons. The highest BCUT2D eigenvalue weighted by Gasteiger charge is 2.47. The molecule has 0 amide bonds.